The zero-order chi connectivity index (χ0) is 29.5. The van der Waals surface area contributed by atoms with Crippen LogP contribution in [0.5, 0.6) is 5.75 Å². The lowest BCUT2D eigenvalue weighted by molar-refractivity contribution is -0.945. The molecule has 0 spiro atoms. The van der Waals surface area contributed by atoms with Gasteiger partial charge >= 0.3 is 5.97 Å². The SMILES string of the molecule is CC(=O)OC12CC[C@H](NC(=O)c3ccc4ccccc4c3)C[C@@]1(c1cccc(O)c1)CC[N@+](CC(C)C)(CC1CC1)C2. The van der Waals surface area contributed by atoms with Crippen molar-refractivity contribution in [3.8, 4) is 5.75 Å². The molecule has 2 aliphatic carbocycles. The summed E-state index contributed by atoms with van der Waals surface area (Å²) in [6.45, 7) is 10.1. The van der Waals surface area contributed by atoms with Gasteiger partial charge in [-0.1, -0.05) is 56.3 Å². The molecule has 2 N–H and O–H groups in total. The molecule has 0 bridgehead atoms. The molecule has 1 unspecified atom stereocenters. The van der Waals surface area contributed by atoms with E-state index >= 15 is 0 Å². The first-order valence-corrected chi connectivity index (χ1v) is 15.7. The molecule has 1 heterocycles. The number of hydrogen-bond acceptors (Lipinski definition) is 4. The molecule has 3 aliphatic rings. The third-order valence-corrected chi connectivity index (χ3v) is 10.1. The summed E-state index contributed by atoms with van der Waals surface area (Å²) in [5, 5.41) is 16.1. The first kappa shape index (κ1) is 28.7. The summed E-state index contributed by atoms with van der Waals surface area (Å²) in [5.74, 6) is 1.17. The lowest BCUT2D eigenvalue weighted by Gasteiger charge is -2.62. The molecule has 2 saturated carbocycles. The Balaban J connectivity index is 1.36. The van der Waals surface area contributed by atoms with Gasteiger partial charge in [-0.3, -0.25) is 9.59 Å². The fourth-order valence-corrected chi connectivity index (χ4v) is 8.48. The molecule has 3 aromatic carbocycles. The van der Waals surface area contributed by atoms with E-state index in [9.17, 15) is 14.7 Å². The van der Waals surface area contributed by atoms with Gasteiger partial charge in [0.15, 0.2) is 5.60 Å². The summed E-state index contributed by atoms with van der Waals surface area (Å²) in [7, 11) is 0. The van der Waals surface area contributed by atoms with Gasteiger partial charge in [0.2, 0.25) is 0 Å². The monoisotopic (exact) mass is 569 g/mol. The summed E-state index contributed by atoms with van der Waals surface area (Å²) in [6, 6.07) is 21.4. The van der Waals surface area contributed by atoms with Crippen LogP contribution in [0.15, 0.2) is 66.7 Å². The zero-order valence-corrected chi connectivity index (χ0v) is 25.3. The number of nitrogens with one attached hydrogen (secondary N) is 1. The molecular formula is C36H45N2O4+. The highest BCUT2D eigenvalue weighted by atomic mass is 16.6. The smallest absolute Gasteiger partial charge is 0.303 e. The number of phenols is 1. The number of benzene rings is 3. The van der Waals surface area contributed by atoms with E-state index in [4.69, 9.17) is 4.74 Å². The maximum atomic E-state index is 13.6. The van der Waals surface area contributed by atoms with Crippen LogP contribution in [0.2, 0.25) is 0 Å². The van der Waals surface area contributed by atoms with Gasteiger partial charge in [-0.25, -0.2) is 0 Å². The number of amides is 1. The number of ether oxygens (including phenoxy) is 1. The summed E-state index contributed by atoms with van der Waals surface area (Å²) < 4.78 is 7.53. The van der Waals surface area contributed by atoms with E-state index < -0.39 is 11.0 Å². The van der Waals surface area contributed by atoms with Crippen LogP contribution in [0, 0.1) is 11.8 Å². The summed E-state index contributed by atoms with van der Waals surface area (Å²) in [6.07, 6.45) is 5.49. The fraction of sp³-hybridized carbons (Fsp3) is 0.500. The van der Waals surface area contributed by atoms with Crippen molar-refractivity contribution in [2.45, 2.75) is 76.4 Å². The largest absolute Gasteiger partial charge is 0.508 e. The average molecular weight is 570 g/mol. The van der Waals surface area contributed by atoms with Gasteiger partial charge in [-0.05, 0) is 72.7 Å². The Bertz CT molecular complexity index is 1480. The number of hydrogen-bond donors (Lipinski definition) is 2. The predicted octanol–water partition coefficient (Wildman–Crippen LogP) is 6.35. The average Bonchev–Trinajstić information content (AvgIpc) is 3.76. The second-order valence-corrected chi connectivity index (χ2v) is 13.9. The second kappa shape index (κ2) is 11.0. The quantitative estimate of drug-likeness (QED) is 0.245. The fourth-order valence-electron chi connectivity index (χ4n) is 8.48. The minimum atomic E-state index is -0.709. The molecule has 4 atom stereocenters. The van der Waals surface area contributed by atoms with E-state index in [1.807, 2.05) is 48.5 Å². The Morgan fingerprint density at radius 2 is 1.79 bits per heavy atom. The van der Waals surface area contributed by atoms with Crippen LogP contribution in [0.3, 0.4) is 0 Å². The van der Waals surface area contributed by atoms with Crippen molar-refractivity contribution >= 4 is 22.6 Å². The number of esters is 1. The zero-order valence-electron chi connectivity index (χ0n) is 25.3. The molecule has 6 nitrogen and oxygen atoms in total. The highest BCUT2D eigenvalue weighted by Crippen LogP contribution is 2.56. The van der Waals surface area contributed by atoms with Crippen molar-refractivity contribution < 1.29 is 23.9 Å². The number of carbonyl (C=O) groups is 2. The normalized spacial score (nSPS) is 29.2. The van der Waals surface area contributed by atoms with Crippen LogP contribution >= 0.6 is 0 Å². The molecule has 1 amide bonds. The van der Waals surface area contributed by atoms with Crippen molar-refractivity contribution in [2.24, 2.45) is 11.8 Å². The first-order chi connectivity index (χ1) is 20.1. The van der Waals surface area contributed by atoms with Gasteiger partial charge in [0.05, 0.1) is 19.6 Å². The van der Waals surface area contributed by atoms with E-state index in [-0.39, 0.29) is 23.7 Å². The van der Waals surface area contributed by atoms with Crippen molar-refractivity contribution in [1.82, 2.24) is 5.32 Å². The molecule has 42 heavy (non-hydrogen) atoms. The number of quaternary nitrogens is 1. The predicted molar refractivity (Wildman–Crippen MR) is 165 cm³/mol. The minimum absolute atomic E-state index is 0.0775. The molecule has 1 aliphatic heterocycles. The van der Waals surface area contributed by atoms with Gasteiger partial charge in [0, 0.05) is 42.2 Å². The summed E-state index contributed by atoms with van der Waals surface area (Å²) in [5.41, 5.74) is 0.428. The number of aromatic hydroxyl groups is 1. The van der Waals surface area contributed by atoms with E-state index in [1.54, 1.807) is 6.07 Å². The molecular weight excluding hydrogens is 524 g/mol. The highest BCUT2D eigenvalue weighted by molar-refractivity contribution is 5.98. The Hall–Kier alpha value is -3.38. The van der Waals surface area contributed by atoms with Gasteiger partial charge in [-0.15, -0.1) is 0 Å². The number of rotatable bonds is 8. The Morgan fingerprint density at radius 1 is 1.00 bits per heavy atom. The van der Waals surface area contributed by atoms with E-state index in [1.165, 1.54) is 19.8 Å². The Labute approximate surface area is 249 Å². The number of piperidine rings is 1. The van der Waals surface area contributed by atoms with E-state index in [2.05, 4.69) is 31.3 Å². The Kier molecular flexibility index (Phi) is 7.55. The number of phenolic OH excluding ortho intramolecular Hbond substituents is 1. The van der Waals surface area contributed by atoms with Crippen LogP contribution < -0.4 is 5.32 Å². The van der Waals surface area contributed by atoms with Gasteiger partial charge < -0.3 is 19.6 Å². The van der Waals surface area contributed by atoms with Gasteiger partial charge in [-0.2, -0.15) is 0 Å². The second-order valence-electron chi connectivity index (χ2n) is 13.9. The maximum absolute atomic E-state index is 13.6. The van der Waals surface area contributed by atoms with Crippen molar-refractivity contribution in [2.75, 3.05) is 26.2 Å². The molecule has 0 aromatic heterocycles. The Morgan fingerprint density at radius 3 is 2.50 bits per heavy atom. The summed E-state index contributed by atoms with van der Waals surface area (Å²) >= 11 is 0. The summed E-state index contributed by atoms with van der Waals surface area (Å²) in [4.78, 5) is 26.5. The molecule has 222 valence electrons. The molecule has 6 rings (SSSR count). The van der Waals surface area contributed by atoms with Crippen molar-refractivity contribution in [3.63, 3.8) is 0 Å². The number of likely N-dealkylation sites (tertiary alicyclic amines) is 1. The van der Waals surface area contributed by atoms with Crippen molar-refractivity contribution in [1.29, 1.82) is 0 Å². The third kappa shape index (κ3) is 5.54. The van der Waals surface area contributed by atoms with E-state index in [0.717, 1.165) is 65.8 Å². The standard InChI is InChI=1S/C36H44N2O4/c1-25(2)22-38(23-27-11-12-27)18-17-35(31-9-6-10-33(40)20-31)21-32(15-16-36(35,24-38)42-26(3)39)37-34(41)30-14-13-28-7-4-5-8-29(28)19-30/h4-10,13-14,19-20,25,27,32H,11-12,15-18,21-24H2,1-3H3,(H-,37,40,41)/p+1/t32-,35+,36?,38-/m0/s1. The van der Waals surface area contributed by atoms with Crippen LogP contribution in [0.4, 0.5) is 0 Å². The van der Waals surface area contributed by atoms with Gasteiger partial charge in [0.1, 0.15) is 12.3 Å². The number of fused-ring (bicyclic) bond motifs is 2. The van der Waals surface area contributed by atoms with Crippen LogP contribution in [-0.4, -0.2) is 59.3 Å². The molecule has 0 radical (unpaired) electrons. The number of nitrogens with zero attached hydrogens (tertiary/aromatic N) is 1. The molecule has 3 aromatic rings. The van der Waals surface area contributed by atoms with Crippen molar-refractivity contribution in [3.05, 3.63) is 77.9 Å². The molecule has 1 saturated heterocycles. The third-order valence-electron chi connectivity index (χ3n) is 10.1. The van der Waals surface area contributed by atoms with E-state index in [0.29, 0.717) is 24.3 Å². The van der Waals surface area contributed by atoms with Crippen LogP contribution in [0.25, 0.3) is 10.8 Å². The number of carbonyl (C=O) groups excluding carboxylic acids is 2. The van der Waals surface area contributed by atoms with Gasteiger partial charge in [0.25, 0.3) is 5.91 Å². The lowest BCUT2D eigenvalue weighted by atomic mass is 9.54. The molecule has 3 fully saturated rings. The maximum Gasteiger partial charge on any atom is 0.303 e. The topological polar surface area (TPSA) is 75.6 Å². The molecule has 6 heteroatoms. The minimum Gasteiger partial charge on any atom is -0.508 e. The lowest BCUT2D eigenvalue weighted by Crippen LogP contribution is -2.74. The van der Waals surface area contributed by atoms with Crippen LogP contribution in [0.1, 0.15) is 75.2 Å². The van der Waals surface area contributed by atoms with Crippen LogP contribution in [-0.2, 0) is 14.9 Å². The highest BCUT2D eigenvalue weighted by Gasteiger charge is 2.65. The first-order valence-electron chi connectivity index (χ1n) is 15.7.